The van der Waals surface area contributed by atoms with Gasteiger partial charge in [-0.1, -0.05) is 32.6 Å². The summed E-state index contributed by atoms with van der Waals surface area (Å²) in [4.78, 5) is 0. The third kappa shape index (κ3) is 4.21. The van der Waals surface area contributed by atoms with Gasteiger partial charge in [-0.15, -0.1) is 0 Å². The molecule has 3 N–H and O–H groups in total. The van der Waals surface area contributed by atoms with Crippen molar-refractivity contribution >= 4 is 11.4 Å². The van der Waals surface area contributed by atoms with Crippen LogP contribution in [0.15, 0.2) is 36.5 Å². The van der Waals surface area contributed by atoms with E-state index in [0.29, 0.717) is 0 Å². The second-order valence-corrected chi connectivity index (χ2v) is 2.49. The molecule has 0 fully saturated rings. The Morgan fingerprint density at radius 2 is 1.85 bits per heavy atom. The first-order valence-corrected chi connectivity index (χ1v) is 4.47. The zero-order valence-electron chi connectivity index (χ0n) is 8.59. The number of nitrogen functional groups attached to an aromatic ring is 1. The molecule has 2 heteroatoms. The highest BCUT2D eigenvalue weighted by molar-refractivity contribution is 5.67. The van der Waals surface area contributed by atoms with Crippen molar-refractivity contribution in [1.82, 2.24) is 0 Å². The first-order chi connectivity index (χ1) is 6.20. The van der Waals surface area contributed by atoms with Crippen LogP contribution < -0.4 is 11.1 Å². The van der Waals surface area contributed by atoms with E-state index in [9.17, 15) is 0 Å². The van der Waals surface area contributed by atoms with Gasteiger partial charge in [0, 0.05) is 5.70 Å². The van der Waals surface area contributed by atoms with E-state index in [2.05, 4.69) is 11.9 Å². The van der Waals surface area contributed by atoms with E-state index in [0.717, 1.165) is 17.1 Å². The van der Waals surface area contributed by atoms with E-state index in [1.165, 1.54) is 0 Å². The van der Waals surface area contributed by atoms with Gasteiger partial charge in [-0.3, -0.25) is 0 Å². The van der Waals surface area contributed by atoms with Crippen LogP contribution in [0.1, 0.15) is 20.8 Å². The molecule has 0 saturated heterocycles. The molecule has 0 aliphatic heterocycles. The van der Waals surface area contributed by atoms with Crippen LogP contribution in [-0.2, 0) is 0 Å². The molecule has 0 aliphatic rings. The third-order valence-corrected chi connectivity index (χ3v) is 1.31. The van der Waals surface area contributed by atoms with Crippen LogP contribution in [-0.4, -0.2) is 0 Å². The summed E-state index contributed by atoms with van der Waals surface area (Å²) in [5.41, 5.74) is 8.22. The molecule has 0 aromatic heterocycles. The molecule has 0 bridgehead atoms. The lowest BCUT2D eigenvalue weighted by molar-refractivity contribution is 1.40. The van der Waals surface area contributed by atoms with Gasteiger partial charge in [0.25, 0.3) is 0 Å². The Balaban J connectivity index is 0.000000671. The number of benzene rings is 1. The molecule has 0 spiro atoms. The van der Waals surface area contributed by atoms with Gasteiger partial charge in [0.15, 0.2) is 0 Å². The van der Waals surface area contributed by atoms with Crippen LogP contribution in [0.3, 0.4) is 0 Å². The molecule has 0 atom stereocenters. The molecule has 72 valence electrons. The first-order valence-electron chi connectivity index (χ1n) is 4.47. The molecule has 0 saturated carbocycles. The van der Waals surface area contributed by atoms with E-state index in [1.807, 2.05) is 45.0 Å². The molecule has 1 rings (SSSR count). The van der Waals surface area contributed by atoms with E-state index in [-0.39, 0.29) is 0 Å². The Bertz CT molecular complexity index is 267. The fourth-order valence-electron chi connectivity index (χ4n) is 0.841. The average molecular weight is 178 g/mol. The Morgan fingerprint density at radius 3 is 2.31 bits per heavy atom. The van der Waals surface area contributed by atoms with Crippen LogP contribution in [0.5, 0.6) is 0 Å². The number of nitrogens with one attached hydrogen (secondary N) is 1. The summed E-state index contributed by atoms with van der Waals surface area (Å²) in [5, 5.41) is 3.05. The molecule has 2 nitrogen and oxygen atoms in total. The quantitative estimate of drug-likeness (QED) is 0.682. The third-order valence-electron chi connectivity index (χ3n) is 1.31. The number of allylic oxidation sites excluding steroid dienone is 1. The van der Waals surface area contributed by atoms with Crippen molar-refractivity contribution in [2.24, 2.45) is 0 Å². The minimum absolute atomic E-state index is 0.746. The van der Waals surface area contributed by atoms with Gasteiger partial charge in [0.05, 0.1) is 11.4 Å². The van der Waals surface area contributed by atoms with Gasteiger partial charge in [-0.25, -0.2) is 0 Å². The Kier molecular flexibility index (Phi) is 5.44. The van der Waals surface area contributed by atoms with Gasteiger partial charge in [-0.05, 0) is 19.1 Å². The van der Waals surface area contributed by atoms with Gasteiger partial charge in [-0.2, -0.15) is 0 Å². The second kappa shape index (κ2) is 6.12. The predicted octanol–water partition coefficient (Wildman–Crippen LogP) is 3.24. The highest BCUT2D eigenvalue weighted by Crippen LogP contribution is 2.17. The summed E-state index contributed by atoms with van der Waals surface area (Å²) in [6.45, 7) is 9.62. The van der Waals surface area contributed by atoms with Crippen LogP contribution in [0.25, 0.3) is 0 Å². The zero-order valence-corrected chi connectivity index (χ0v) is 8.59. The van der Waals surface area contributed by atoms with E-state index < -0.39 is 0 Å². The first kappa shape index (κ1) is 11.6. The molecule has 13 heavy (non-hydrogen) atoms. The maximum atomic E-state index is 5.67. The number of hydrogen-bond donors (Lipinski definition) is 2. The largest absolute Gasteiger partial charge is 0.397 e. The molecule has 0 heterocycles. The highest BCUT2D eigenvalue weighted by Gasteiger charge is 1.93. The van der Waals surface area contributed by atoms with Crippen molar-refractivity contribution in [3.8, 4) is 0 Å². The number of rotatable bonds is 2. The van der Waals surface area contributed by atoms with Gasteiger partial charge < -0.3 is 11.1 Å². The summed E-state index contributed by atoms with van der Waals surface area (Å²) in [7, 11) is 0. The van der Waals surface area contributed by atoms with Crippen molar-refractivity contribution in [1.29, 1.82) is 0 Å². The summed E-state index contributed by atoms with van der Waals surface area (Å²) in [5.74, 6) is 0. The molecule has 0 unspecified atom stereocenters. The number of nitrogens with two attached hydrogens (primary N) is 1. The molecular formula is C11H18N2. The summed E-state index contributed by atoms with van der Waals surface area (Å²) < 4.78 is 0. The van der Waals surface area contributed by atoms with Crippen LogP contribution in [0, 0.1) is 0 Å². The standard InChI is InChI=1S/C9H12N2.C2H6/c1-7(2)11-9-6-4-3-5-8(9)10;1-2/h3-6,11H,1,10H2,2H3;1-2H3. The number of hydrogen-bond acceptors (Lipinski definition) is 2. The zero-order chi connectivity index (χ0) is 10.3. The normalized spacial score (nSPS) is 8.23. The molecule has 0 radical (unpaired) electrons. The molecule has 1 aromatic rings. The van der Waals surface area contributed by atoms with Gasteiger partial charge >= 0.3 is 0 Å². The van der Waals surface area contributed by atoms with Crippen molar-refractivity contribution in [2.45, 2.75) is 20.8 Å². The fourth-order valence-corrected chi connectivity index (χ4v) is 0.841. The predicted molar refractivity (Wildman–Crippen MR) is 60.6 cm³/mol. The Morgan fingerprint density at radius 1 is 1.31 bits per heavy atom. The van der Waals surface area contributed by atoms with Crippen molar-refractivity contribution in [3.63, 3.8) is 0 Å². The Labute approximate surface area is 80.5 Å². The number of para-hydroxylation sites is 2. The van der Waals surface area contributed by atoms with Gasteiger partial charge in [0.2, 0.25) is 0 Å². The van der Waals surface area contributed by atoms with Crippen LogP contribution in [0.2, 0.25) is 0 Å². The Hall–Kier alpha value is -1.44. The van der Waals surface area contributed by atoms with Crippen molar-refractivity contribution < 1.29 is 0 Å². The minimum atomic E-state index is 0.746. The highest BCUT2D eigenvalue weighted by atomic mass is 14.9. The molecular weight excluding hydrogens is 160 g/mol. The van der Waals surface area contributed by atoms with Gasteiger partial charge in [0.1, 0.15) is 0 Å². The second-order valence-electron chi connectivity index (χ2n) is 2.49. The molecule has 0 aliphatic carbocycles. The smallest absolute Gasteiger partial charge is 0.0615 e. The molecule has 0 amide bonds. The lowest BCUT2D eigenvalue weighted by Crippen LogP contribution is -1.97. The topological polar surface area (TPSA) is 38.0 Å². The van der Waals surface area contributed by atoms with E-state index >= 15 is 0 Å². The minimum Gasteiger partial charge on any atom is -0.397 e. The van der Waals surface area contributed by atoms with Crippen LogP contribution >= 0.6 is 0 Å². The summed E-state index contributed by atoms with van der Waals surface area (Å²) in [6, 6.07) is 7.61. The van der Waals surface area contributed by atoms with E-state index in [4.69, 9.17) is 5.73 Å². The average Bonchev–Trinajstić information content (AvgIpc) is 2.12. The summed E-state index contributed by atoms with van der Waals surface area (Å²) in [6.07, 6.45) is 0. The summed E-state index contributed by atoms with van der Waals surface area (Å²) >= 11 is 0. The van der Waals surface area contributed by atoms with Crippen LogP contribution in [0.4, 0.5) is 11.4 Å². The fraction of sp³-hybridized carbons (Fsp3) is 0.273. The lowest BCUT2D eigenvalue weighted by Gasteiger charge is -2.06. The number of anilines is 2. The van der Waals surface area contributed by atoms with Crippen molar-refractivity contribution in [2.75, 3.05) is 11.1 Å². The van der Waals surface area contributed by atoms with Crippen molar-refractivity contribution in [3.05, 3.63) is 36.5 Å². The SMILES string of the molecule is C=C(C)Nc1ccccc1N.CC. The monoisotopic (exact) mass is 178 g/mol. The lowest BCUT2D eigenvalue weighted by atomic mass is 10.2. The maximum absolute atomic E-state index is 5.67. The van der Waals surface area contributed by atoms with E-state index in [1.54, 1.807) is 0 Å². The molecule has 1 aromatic carbocycles. The maximum Gasteiger partial charge on any atom is 0.0615 e.